The largest absolute Gasteiger partial charge is 0.455 e. The Bertz CT molecular complexity index is 2930. The van der Waals surface area contributed by atoms with Gasteiger partial charge in [0.1, 0.15) is 16.2 Å². The molecule has 0 unspecified atom stereocenters. The molecule has 3 heteroatoms. The predicted octanol–water partition coefficient (Wildman–Crippen LogP) is 12.6. The number of hydrogen-bond donors (Lipinski definition) is 0. The summed E-state index contributed by atoms with van der Waals surface area (Å²) >= 11 is 1.78. The van der Waals surface area contributed by atoms with E-state index in [1.54, 1.807) is 11.3 Å². The van der Waals surface area contributed by atoms with Crippen molar-refractivity contribution in [2.75, 3.05) is 0 Å². The van der Waals surface area contributed by atoms with Crippen LogP contribution in [0.1, 0.15) is 0 Å². The van der Waals surface area contributed by atoms with Gasteiger partial charge in [0.2, 0.25) is 0 Å². The van der Waals surface area contributed by atoms with Crippen LogP contribution >= 0.6 is 11.3 Å². The molecule has 1 aliphatic rings. The number of hydrogen-bond acceptors (Lipinski definition) is 3. The van der Waals surface area contributed by atoms with Crippen LogP contribution in [0.4, 0.5) is 0 Å². The molecule has 8 aromatic carbocycles. The number of aromatic nitrogens is 1. The van der Waals surface area contributed by atoms with Crippen LogP contribution in [0, 0.1) is 0 Å². The summed E-state index contributed by atoms with van der Waals surface area (Å²) in [6, 6.07) is 50.6. The van der Waals surface area contributed by atoms with Crippen molar-refractivity contribution in [3.8, 4) is 44.0 Å². The maximum atomic E-state index is 6.50. The highest BCUT2D eigenvalue weighted by molar-refractivity contribution is 7.22. The van der Waals surface area contributed by atoms with Gasteiger partial charge in [0.05, 0.1) is 10.2 Å². The molecule has 10 aromatic rings. The topological polar surface area (TPSA) is 26.0 Å². The smallest absolute Gasteiger partial charge is 0.143 e. The van der Waals surface area contributed by atoms with Gasteiger partial charge in [-0.15, -0.1) is 11.3 Å². The quantitative estimate of drug-likeness (QED) is 0.197. The van der Waals surface area contributed by atoms with E-state index >= 15 is 0 Å². The lowest BCUT2D eigenvalue weighted by atomic mass is 9.93. The van der Waals surface area contributed by atoms with E-state index in [1.165, 1.54) is 81.2 Å². The monoisotopic (exact) mass is 601 g/mol. The van der Waals surface area contributed by atoms with Gasteiger partial charge in [0.25, 0.3) is 0 Å². The molecule has 0 N–H and O–H groups in total. The first-order chi connectivity index (χ1) is 22.8. The highest BCUT2D eigenvalue weighted by atomic mass is 32.1. The second kappa shape index (κ2) is 8.91. The maximum absolute atomic E-state index is 6.50. The van der Waals surface area contributed by atoms with Crippen molar-refractivity contribution in [1.82, 2.24) is 4.98 Å². The molecule has 0 saturated heterocycles. The fourth-order valence-corrected chi connectivity index (χ4v) is 8.79. The number of fused-ring (bicyclic) bond motifs is 11. The summed E-state index contributed by atoms with van der Waals surface area (Å²) in [5.74, 6) is 0. The Balaban J connectivity index is 1.07. The zero-order valence-electron chi connectivity index (χ0n) is 24.5. The Morgan fingerprint density at radius 1 is 0.478 bits per heavy atom. The summed E-state index contributed by atoms with van der Waals surface area (Å²) in [4.78, 5) is 5.05. The fourth-order valence-electron chi connectivity index (χ4n) is 7.70. The van der Waals surface area contributed by atoms with Gasteiger partial charge in [0.15, 0.2) is 0 Å². The minimum atomic E-state index is 0.935. The van der Waals surface area contributed by atoms with Crippen molar-refractivity contribution in [3.05, 3.63) is 140 Å². The lowest BCUT2D eigenvalue weighted by molar-refractivity contribution is 0.670. The van der Waals surface area contributed by atoms with Crippen molar-refractivity contribution >= 4 is 75.8 Å². The first kappa shape index (κ1) is 24.5. The molecule has 0 fully saturated rings. The third-order valence-corrected chi connectivity index (χ3v) is 11.0. The van der Waals surface area contributed by atoms with E-state index < -0.39 is 0 Å². The fraction of sp³-hybridized carbons (Fsp3) is 0. The number of thiazole rings is 1. The van der Waals surface area contributed by atoms with Gasteiger partial charge in [-0.25, -0.2) is 4.98 Å². The molecule has 2 nitrogen and oxygen atoms in total. The summed E-state index contributed by atoms with van der Waals surface area (Å²) in [7, 11) is 0. The Hall–Kier alpha value is -5.77. The van der Waals surface area contributed by atoms with E-state index in [0.29, 0.717) is 0 Å². The Morgan fingerprint density at radius 3 is 2.20 bits per heavy atom. The van der Waals surface area contributed by atoms with Crippen molar-refractivity contribution in [3.63, 3.8) is 0 Å². The molecule has 0 radical (unpaired) electrons. The van der Waals surface area contributed by atoms with E-state index in [0.717, 1.165) is 27.3 Å². The standard InChI is InChI=1S/C43H23NOS/c1-2-7-30-25(6-1)16-21-37-42(30)46-43(44-37)27-15-13-24-12-14-26(22-28(24)23-27)29-17-20-36-39-32(29)9-5-10-33(39)34-18-19-35-31-8-3-4-11-38(31)45-41(35)40(34)36/h1-23H. The molecule has 11 rings (SSSR count). The van der Waals surface area contributed by atoms with Crippen LogP contribution in [0.2, 0.25) is 0 Å². The summed E-state index contributed by atoms with van der Waals surface area (Å²) in [6.07, 6.45) is 0. The molecular weight excluding hydrogens is 579 g/mol. The van der Waals surface area contributed by atoms with Crippen molar-refractivity contribution < 1.29 is 4.42 Å². The molecule has 46 heavy (non-hydrogen) atoms. The maximum Gasteiger partial charge on any atom is 0.143 e. The van der Waals surface area contributed by atoms with E-state index in [1.807, 2.05) is 6.07 Å². The number of furan rings is 1. The number of nitrogens with zero attached hydrogens (tertiary/aromatic N) is 1. The number of rotatable bonds is 2. The highest BCUT2D eigenvalue weighted by Gasteiger charge is 2.27. The van der Waals surface area contributed by atoms with Crippen molar-refractivity contribution in [1.29, 1.82) is 0 Å². The van der Waals surface area contributed by atoms with Gasteiger partial charge in [0, 0.05) is 27.3 Å². The van der Waals surface area contributed by atoms with E-state index in [9.17, 15) is 0 Å². The van der Waals surface area contributed by atoms with E-state index in [-0.39, 0.29) is 0 Å². The van der Waals surface area contributed by atoms with Crippen molar-refractivity contribution in [2.45, 2.75) is 0 Å². The molecule has 2 heterocycles. The molecule has 0 bridgehead atoms. The molecule has 1 aliphatic carbocycles. The van der Waals surface area contributed by atoms with Crippen LogP contribution in [-0.4, -0.2) is 4.98 Å². The normalized spacial score (nSPS) is 12.3. The Morgan fingerprint density at radius 2 is 1.24 bits per heavy atom. The lowest BCUT2D eigenvalue weighted by Gasteiger charge is -2.11. The van der Waals surface area contributed by atoms with E-state index in [2.05, 4.69) is 133 Å². The molecule has 0 saturated carbocycles. The van der Waals surface area contributed by atoms with Gasteiger partial charge in [-0.1, -0.05) is 109 Å². The highest BCUT2D eigenvalue weighted by Crippen LogP contribution is 2.53. The average molecular weight is 602 g/mol. The third-order valence-electron chi connectivity index (χ3n) is 9.82. The summed E-state index contributed by atoms with van der Waals surface area (Å²) in [5.41, 5.74) is 11.6. The van der Waals surface area contributed by atoms with Crippen molar-refractivity contribution in [2.24, 2.45) is 0 Å². The summed E-state index contributed by atoms with van der Waals surface area (Å²) in [5, 5.41) is 10.9. The molecule has 0 spiro atoms. The van der Waals surface area contributed by atoms with Crippen LogP contribution in [-0.2, 0) is 0 Å². The van der Waals surface area contributed by atoms with Gasteiger partial charge in [-0.3, -0.25) is 0 Å². The molecule has 0 atom stereocenters. The SMILES string of the molecule is c1ccc2c(c1)ccc1nc(-c3ccc4ccc(-c5ccc6c7c(cccc57)-c5ccc7c(oc8ccccc87)c5-6)cc4c3)sc12. The van der Waals surface area contributed by atoms with Gasteiger partial charge < -0.3 is 4.42 Å². The lowest BCUT2D eigenvalue weighted by Crippen LogP contribution is -1.85. The number of para-hydroxylation sites is 1. The minimum absolute atomic E-state index is 0.935. The average Bonchev–Trinajstić information content (AvgIpc) is 3.81. The minimum Gasteiger partial charge on any atom is -0.455 e. The second-order valence-electron chi connectivity index (χ2n) is 12.3. The second-order valence-corrected chi connectivity index (χ2v) is 13.3. The van der Waals surface area contributed by atoms with Gasteiger partial charge in [-0.05, 0) is 85.1 Å². The molecule has 0 amide bonds. The third kappa shape index (κ3) is 3.27. The zero-order valence-corrected chi connectivity index (χ0v) is 25.4. The molecule has 2 aromatic heterocycles. The van der Waals surface area contributed by atoms with Crippen LogP contribution in [0.3, 0.4) is 0 Å². The Kier molecular flexibility index (Phi) is 4.75. The zero-order chi connectivity index (χ0) is 29.9. The summed E-state index contributed by atoms with van der Waals surface area (Å²) < 4.78 is 7.75. The molecule has 0 aliphatic heterocycles. The molecular formula is C43H23NOS. The van der Waals surface area contributed by atoms with E-state index in [4.69, 9.17) is 9.40 Å². The van der Waals surface area contributed by atoms with Crippen LogP contribution in [0.25, 0.3) is 108 Å². The predicted molar refractivity (Wildman–Crippen MR) is 195 cm³/mol. The van der Waals surface area contributed by atoms with Crippen LogP contribution < -0.4 is 0 Å². The first-order valence-corrected chi connectivity index (χ1v) is 16.4. The molecule has 212 valence electrons. The summed E-state index contributed by atoms with van der Waals surface area (Å²) in [6.45, 7) is 0. The number of benzene rings is 8. The van der Waals surface area contributed by atoms with Crippen LogP contribution in [0.15, 0.2) is 144 Å². The Labute approximate surface area is 267 Å². The van der Waals surface area contributed by atoms with Gasteiger partial charge in [-0.2, -0.15) is 0 Å². The van der Waals surface area contributed by atoms with Gasteiger partial charge >= 0.3 is 0 Å². The van der Waals surface area contributed by atoms with Crippen LogP contribution in [0.5, 0.6) is 0 Å². The first-order valence-electron chi connectivity index (χ1n) is 15.6.